The quantitative estimate of drug-likeness (QED) is 0.834. The van der Waals surface area contributed by atoms with E-state index in [2.05, 4.69) is 31.0 Å². The van der Waals surface area contributed by atoms with Crippen LogP contribution in [0.15, 0.2) is 36.7 Å². The van der Waals surface area contributed by atoms with Crippen molar-refractivity contribution in [3.05, 3.63) is 42.2 Å². The van der Waals surface area contributed by atoms with Crippen molar-refractivity contribution in [2.45, 2.75) is 45.1 Å². The minimum Gasteiger partial charge on any atom is -0.385 e. The van der Waals surface area contributed by atoms with E-state index in [1.807, 2.05) is 24.5 Å². The van der Waals surface area contributed by atoms with Crippen molar-refractivity contribution in [1.82, 2.24) is 4.98 Å². The van der Waals surface area contributed by atoms with Crippen LogP contribution in [0.5, 0.6) is 0 Å². The first-order chi connectivity index (χ1) is 9.05. The summed E-state index contributed by atoms with van der Waals surface area (Å²) in [5, 5.41) is 13.6. The molecule has 2 nitrogen and oxygen atoms in total. The highest BCUT2D eigenvalue weighted by Gasteiger charge is 2.47. The van der Waals surface area contributed by atoms with Crippen molar-refractivity contribution in [3.8, 4) is 0 Å². The molecule has 2 aromatic rings. The Morgan fingerprint density at radius 1 is 1.05 bits per heavy atom. The van der Waals surface area contributed by atoms with Crippen molar-refractivity contribution in [2.75, 3.05) is 0 Å². The highest BCUT2D eigenvalue weighted by molar-refractivity contribution is 5.85. The summed E-state index contributed by atoms with van der Waals surface area (Å²) in [6.07, 6.45) is 7.91. The number of rotatable bonds is 1. The molecule has 1 saturated carbocycles. The number of aromatic nitrogens is 1. The molecule has 0 radical (unpaired) electrons. The van der Waals surface area contributed by atoms with E-state index in [1.54, 1.807) is 0 Å². The molecule has 0 saturated heterocycles. The number of aliphatic hydroxyl groups is 1. The van der Waals surface area contributed by atoms with Crippen LogP contribution in [0, 0.1) is 5.41 Å². The molecule has 1 aromatic carbocycles. The fourth-order valence-corrected chi connectivity index (χ4v) is 3.44. The summed E-state index contributed by atoms with van der Waals surface area (Å²) in [5.74, 6) is 0. The molecule has 1 aliphatic rings. The lowest BCUT2D eigenvalue weighted by Gasteiger charge is -2.47. The molecule has 2 heteroatoms. The van der Waals surface area contributed by atoms with Gasteiger partial charge in [-0.1, -0.05) is 51.0 Å². The summed E-state index contributed by atoms with van der Waals surface area (Å²) in [5.41, 5.74) is 0.131. The molecule has 0 amide bonds. The molecule has 1 aliphatic carbocycles. The van der Waals surface area contributed by atoms with Crippen LogP contribution in [0.25, 0.3) is 10.8 Å². The van der Waals surface area contributed by atoms with Gasteiger partial charge >= 0.3 is 0 Å². The first kappa shape index (κ1) is 12.6. The Labute approximate surface area is 114 Å². The minimum atomic E-state index is -0.765. The lowest BCUT2D eigenvalue weighted by molar-refractivity contribution is -0.103. The van der Waals surface area contributed by atoms with E-state index in [9.17, 15) is 5.11 Å². The average Bonchev–Trinajstić information content (AvgIpc) is 2.41. The third kappa shape index (κ3) is 1.86. The molecule has 0 aliphatic heterocycles. The van der Waals surface area contributed by atoms with Gasteiger partial charge in [0.25, 0.3) is 0 Å². The number of pyridine rings is 1. The van der Waals surface area contributed by atoms with Gasteiger partial charge in [-0.3, -0.25) is 4.98 Å². The second-order valence-electron chi connectivity index (χ2n) is 6.36. The second-order valence-corrected chi connectivity index (χ2v) is 6.36. The molecule has 19 heavy (non-hydrogen) atoms. The van der Waals surface area contributed by atoms with E-state index in [4.69, 9.17) is 0 Å². The molecule has 1 aromatic heterocycles. The zero-order valence-corrected chi connectivity index (χ0v) is 11.7. The van der Waals surface area contributed by atoms with Gasteiger partial charge in [0.15, 0.2) is 0 Å². The predicted octanol–water partition coefficient (Wildman–Crippen LogP) is 4.02. The predicted molar refractivity (Wildman–Crippen MR) is 77.9 cm³/mol. The fraction of sp³-hybridized carbons (Fsp3) is 0.471. The Morgan fingerprint density at radius 3 is 2.58 bits per heavy atom. The largest absolute Gasteiger partial charge is 0.385 e. The van der Waals surface area contributed by atoms with Gasteiger partial charge in [0.05, 0.1) is 5.60 Å². The normalized spacial score (nSPS) is 26.5. The maximum atomic E-state index is 11.3. The van der Waals surface area contributed by atoms with Crippen LogP contribution in [0.4, 0.5) is 0 Å². The highest BCUT2D eigenvalue weighted by atomic mass is 16.3. The summed E-state index contributed by atoms with van der Waals surface area (Å²) < 4.78 is 0. The van der Waals surface area contributed by atoms with Gasteiger partial charge in [0, 0.05) is 23.3 Å². The van der Waals surface area contributed by atoms with Crippen molar-refractivity contribution in [2.24, 2.45) is 5.41 Å². The molecule has 1 fully saturated rings. The first-order valence-corrected chi connectivity index (χ1v) is 7.10. The third-order valence-electron chi connectivity index (χ3n) is 4.82. The van der Waals surface area contributed by atoms with Gasteiger partial charge in [0.2, 0.25) is 0 Å². The van der Waals surface area contributed by atoms with Gasteiger partial charge in [-0.05, 0) is 23.6 Å². The van der Waals surface area contributed by atoms with Crippen molar-refractivity contribution in [1.29, 1.82) is 0 Å². The first-order valence-electron chi connectivity index (χ1n) is 7.10. The Morgan fingerprint density at radius 2 is 1.79 bits per heavy atom. The number of hydrogen-bond donors (Lipinski definition) is 1. The Balaban J connectivity index is 2.23. The van der Waals surface area contributed by atoms with E-state index in [1.165, 1.54) is 6.42 Å². The molecule has 100 valence electrons. The molecule has 3 rings (SSSR count). The Hall–Kier alpha value is -1.41. The van der Waals surface area contributed by atoms with Crippen LogP contribution in [-0.4, -0.2) is 10.1 Å². The smallest absolute Gasteiger partial charge is 0.0967 e. The van der Waals surface area contributed by atoms with E-state index in [0.29, 0.717) is 0 Å². The molecule has 1 heterocycles. The summed E-state index contributed by atoms with van der Waals surface area (Å²) in [6, 6.07) is 8.20. The number of hydrogen-bond acceptors (Lipinski definition) is 2. The molecular weight excluding hydrogens is 234 g/mol. The zero-order valence-electron chi connectivity index (χ0n) is 11.7. The van der Waals surface area contributed by atoms with Gasteiger partial charge in [-0.25, -0.2) is 0 Å². The van der Waals surface area contributed by atoms with Gasteiger partial charge in [-0.15, -0.1) is 0 Å². The van der Waals surface area contributed by atoms with Gasteiger partial charge in [-0.2, -0.15) is 0 Å². The third-order valence-corrected chi connectivity index (χ3v) is 4.82. The molecule has 1 N–H and O–H groups in total. The van der Waals surface area contributed by atoms with Crippen molar-refractivity contribution < 1.29 is 5.11 Å². The standard InChI is InChI=1S/C17H21NO/c1-16(2)9-5-6-10-17(16,19)15-12-18-11-13-7-3-4-8-14(13)15/h3-4,7-8,11-12,19H,5-6,9-10H2,1-2H3. The van der Waals surface area contributed by atoms with E-state index < -0.39 is 5.60 Å². The van der Waals surface area contributed by atoms with E-state index in [-0.39, 0.29) is 5.41 Å². The van der Waals surface area contributed by atoms with Crippen LogP contribution < -0.4 is 0 Å². The Kier molecular flexibility index (Phi) is 2.86. The fourth-order valence-electron chi connectivity index (χ4n) is 3.44. The lowest BCUT2D eigenvalue weighted by Crippen LogP contribution is -2.44. The van der Waals surface area contributed by atoms with E-state index >= 15 is 0 Å². The molecule has 1 unspecified atom stereocenters. The summed E-state index contributed by atoms with van der Waals surface area (Å²) in [7, 11) is 0. The van der Waals surface area contributed by atoms with Crippen LogP contribution >= 0.6 is 0 Å². The topological polar surface area (TPSA) is 33.1 Å². The summed E-state index contributed by atoms with van der Waals surface area (Å²) in [4.78, 5) is 4.34. The van der Waals surface area contributed by atoms with Crippen LogP contribution in [-0.2, 0) is 5.60 Å². The van der Waals surface area contributed by atoms with Gasteiger partial charge in [0.1, 0.15) is 0 Å². The van der Waals surface area contributed by atoms with Crippen LogP contribution in [0.3, 0.4) is 0 Å². The summed E-state index contributed by atoms with van der Waals surface area (Å²) >= 11 is 0. The van der Waals surface area contributed by atoms with Crippen molar-refractivity contribution in [3.63, 3.8) is 0 Å². The lowest BCUT2D eigenvalue weighted by atomic mass is 9.62. The van der Waals surface area contributed by atoms with Crippen LogP contribution in [0.2, 0.25) is 0 Å². The maximum absolute atomic E-state index is 11.3. The second kappa shape index (κ2) is 4.31. The Bertz CT molecular complexity index is 600. The average molecular weight is 255 g/mol. The van der Waals surface area contributed by atoms with Crippen molar-refractivity contribution >= 4 is 10.8 Å². The zero-order chi connectivity index (χ0) is 13.5. The SMILES string of the molecule is CC1(C)CCCCC1(O)c1cncc2ccccc12. The number of nitrogens with zero attached hydrogens (tertiary/aromatic N) is 1. The maximum Gasteiger partial charge on any atom is 0.0967 e. The molecule has 1 atom stereocenters. The molecular formula is C17H21NO. The van der Waals surface area contributed by atoms with Crippen LogP contribution in [0.1, 0.15) is 45.1 Å². The summed E-state index contributed by atoms with van der Waals surface area (Å²) in [6.45, 7) is 4.35. The minimum absolute atomic E-state index is 0.100. The number of benzene rings is 1. The molecule has 0 bridgehead atoms. The van der Waals surface area contributed by atoms with Gasteiger partial charge < -0.3 is 5.11 Å². The monoisotopic (exact) mass is 255 g/mol. The highest BCUT2D eigenvalue weighted by Crippen LogP contribution is 2.51. The number of fused-ring (bicyclic) bond motifs is 1. The van der Waals surface area contributed by atoms with E-state index in [0.717, 1.165) is 35.6 Å². The molecule has 0 spiro atoms.